The Morgan fingerprint density at radius 1 is 1.25 bits per heavy atom. The molecule has 0 aliphatic carbocycles. The van der Waals surface area contributed by atoms with Gasteiger partial charge in [0, 0.05) is 68.6 Å². The number of hydrogen-bond donors (Lipinski definition) is 0. The van der Waals surface area contributed by atoms with Gasteiger partial charge in [0.05, 0.1) is 6.20 Å². The van der Waals surface area contributed by atoms with Crippen LogP contribution in [0.15, 0.2) is 43.1 Å². The molecule has 1 amide bonds. The number of rotatable bonds is 6. The molecule has 7 heteroatoms. The molecule has 0 radical (unpaired) electrons. The van der Waals surface area contributed by atoms with Crippen LogP contribution < -0.4 is 0 Å². The Labute approximate surface area is 165 Å². The van der Waals surface area contributed by atoms with Crippen LogP contribution >= 0.6 is 0 Å². The average molecular weight is 378 g/mol. The summed E-state index contributed by atoms with van der Waals surface area (Å²) in [6.45, 7) is 7.24. The van der Waals surface area contributed by atoms with Gasteiger partial charge >= 0.3 is 0 Å². The van der Waals surface area contributed by atoms with Gasteiger partial charge in [-0.25, -0.2) is 4.98 Å². The van der Waals surface area contributed by atoms with Gasteiger partial charge in [0.2, 0.25) is 5.91 Å². The molecule has 1 aliphatic rings. The minimum absolute atomic E-state index is 0.213. The Balaban J connectivity index is 1.36. The highest BCUT2D eigenvalue weighted by Crippen LogP contribution is 2.24. The molecule has 0 aromatic carbocycles. The molecule has 7 nitrogen and oxygen atoms in total. The van der Waals surface area contributed by atoms with Crippen LogP contribution in [0.1, 0.15) is 24.1 Å². The highest BCUT2D eigenvalue weighted by molar-refractivity contribution is 5.76. The lowest BCUT2D eigenvalue weighted by Gasteiger charge is -2.18. The standard InChI is InChI=1S/C21H26N6O/c1-16-10-24-26(13-16)9-6-20(28)25-8-5-18(14-25)15-27-17(2)11-23-21(27)19-4-3-7-22-12-19/h3-4,7,10-13,18H,5-6,8-9,14-15H2,1-2H3. The highest BCUT2D eigenvalue weighted by atomic mass is 16.2. The van der Waals surface area contributed by atoms with Crippen LogP contribution in [0.3, 0.4) is 0 Å². The van der Waals surface area contributed by atoms with E-state index in [0.29, 0.717) is 18.9 Å². The molecule has 0 bridgehead atoms. The topological polar surface area (TPSA) is 68.8 Å². The highest BCUT2D eigenvalue weighted by Gasteiger charge is 2.27. The van der Waals surface area contributed by atoms with Crippen LogP contribution in [0.2, 0.25) is 0 Å². The fourth-order valence-electron chi connectivity index (χ4n) is 3.84. The van der Waals surface area contributed by atoms with E-state index in [2.05, 4.69) is 26.6 Å². The summed E-state index contributed by atoms with van der Waals surface area (Å²) in [5.41, 5.74) is 3.28. The van der Waals surface area contributed by atoms with Gasteiger partial charge in [0.25, 0.3) is 0 Å². The van der Waals surface area contributed by atoms with Gasteiger partial charge in [-0.1, -0.05) is 0 Å². The molecule has 4 heterocycles. The zero-order valence-electron chi connectivity index (χ0n) is 16.5. The summed E-state index contributed by atoms with van der Waals surface area (Å²) in [6.07, 6.45) is 10.8. The molecular formula is C21H26N6O. The van der Waals surface area contributed by atoms with Crippen molar-refractivity contribution in [2.75, 3.05) is 13.1 Å². The molecular weight excluding hydrogens is 352 g/mol. The number of carbonyl (C=O) groups excluding carboxylic acids is 1. The van der Waals surface area contributed by atoms with Crippen LogP contribution in [-0.4, -0.2) is 48.2 Å². The Hall–Kier alpha value is -2.96. The Morgan fingerprint density at radius 2 is 2.14 bits per heavy atom. The number of aryl methyl sites for hydroxylation is 3. The van der Waals surface area contributed by atoms with E-state index in [4.69, 9.17) is 0 Å². The van der Waals surface area contributed by atoms with Gasteiger partial charge in [-0.15, -0.1) is 0 Å². The lowest BCUT2D eigenvalue weighted by molar-refractivity contribution is -0.130. The average Bonchev–Trinajstić information content (AvgIpc) is 3.42. The molecule has 1 fully saturated rings. The van der Waals surface area contributed by atoms with Crippen LogP contribution in [0, 0.1) is 19.8 Å². The monoisotopic (exact) mass is 378 g/mol. The fourth-order valence-corrected chi connectivity index (χ4v) is 3.84. The Morgan fingerprint density at radius 3 is 2.89 bits per heavy atom. The van der Waals surface area contributed by atoms with E-state index >= 15 is 0 Å². The van der Waals surface area contributed by atoms with E-state index in [1.165, 1.54) is 0 Å². The number of likely N-dealkylation sites (tertiary alicyclic amines) is 1. The minimum Gasteiger partial charge on any atom is -0.342 e. The first-order valence-electron chi connectivity index (χ1n) is 9.79. The molecule has 3 aromatic rings. The molecule has 1 atom stereocenters. The molecule has 4 rings (SSSR count). The third-order valence-electron chi connectivity index (χ3n) is 5.37. The Kier molecular flexibility index (Phi) is 5.23. The van der Waals surface area contributed by atoms with Gasteiger partial charge in [-0.05, 0) is 43.9 Å². The van der Waals surface area contributed by atoms with E-state index in [0.717, 1.165) is 48.7 Å². The first-order valence-corrected chi connectivity index (χ1v) is 9.79. The van der Waals surface area contributed by atoms with Crippen LogP contribution in [-0.2, 0) is 17.9 Å². The molecule has 146 valence electrons. The number of carbonyl (C=O) groups is 1. The summed E-state index contributed by atoms with van der Waals surface area (Å²) in [5, 5.41) is 4.26. The van der Waals surface area contributed by atoms with Crippen molar-refractivity contribution in [2.24, 2.45) is 5.92 Å². The van der Waals surface area contributed by atoms with E-state index in [-0.39, 0.29) is 5.91 Å². The second-order valence-corrected chi connectivity index (χ2v) is 7.60. The van der Waals surface area contributed by atoms with Crippen molar-refractivity contribution in [3.05, 3.63) is 54.4 Å². The largest absolute Gasteiger partial charge is 0.342 e. The van der Waals surface area contributed by atoms with E-state index in [1.807, 2.05) is 53.4 Å². The van der Waals surface area contributed by atoms with Crippen LogP contribution in [0.25, 0.3) is 11.4 Å². The molecule has 0 saturated carbocycles. The predicted octanol–water partition coefficient (Wildman–Crippen LogP) is 2.70. The van der Waals surface area contributed by atoms with Gasteiger partial charge in [0.1, 0.15) is 5.82 Å². The second-order valence-electron chi connectivity index (χ2n) is 7.60. The summed E-state index contributed by atoms with van der Waals surface area (Å²) in [5.74, 6) is 1.61. The quantitative estimate of drug-likeness (QED) is 0.661. The Bertz CT molecular complexity index is 945. The predicted molar refractivity (Wildman–Crippen MR) is 106 cm³/mol. The van der Waals surface area contributed by atoms with Gasteiger partial charge in [0.15, 0.2) is 0 Å². The van der Waals surface area contributed by atoms with Crippen molar-refractivity contribution >= 4 is 5.91 Å². The molecule has 28 heavy (non-hydrogen) atoms. The number of amides is 1. The number of hydrogen-bond acceptors (Lipinski definition) is 4. The molecule has 3 aromatic heterocycles. The molecule has 0 spiro atoms. The molecule has 1 unspecified atom stereocenters. The maximum absolute atomic E-state index is 12.6. The molecule has 0 N–H and O–H groups in total. The van der Waals surface area contributed by atoms with Crippen LogP contribution in [0.4, 0.5) is 0 Å². The SMILES string of the molecule is Cc1cnn(CCC(=O)N2CCC(Cn3c(C)cnc3-c3cccnc3)C2)c1. The lowest BCUT2D eigenvalue weighted by atomic mass is 10.1. The fraction of sp³-hybridized carbons (Fsp3) is 0.429. The van der Waals surface area contributed by atoms with Crippen molar-refractivity contribution in [3.63, 3.8) is 0 Å². The summed E-state index contributed by atoms with van der Waals surface area (Å²) in [7, 11) is 0. The summed E-state index contributed by atoms with van der Waals surface area (Å²) >= 11 is 0. The van der Waals surface area contributed by atoms with Gasteiger partial charge in [-0.2, -0.15) is 5.10 Å². The van der Waals surface area contributed by atoms with E-state index in [9.17, 15) is 4.79 Å². The zero-order chi connectivity index (χ0) is 19.5. The first-order chi connectivity index (χ1) is 13.6. The maximum Gasteiger partial charge on any atom is 0.224 e. The van der Waals surface area contributed by atoms with E-state index in [1.54, 1.807) is 6.20 Å². The van der Waals surface area contributed by atoms with Gasteiger partial charge < -0.3 is 9.47 Å². The maximum atomic E-state index is 12.6. The van der Waals surface area contributed by atoms with Crippen molar-refractivity contribution in [3.8, 4) is 11.4 Å². The third-order valence-corrected chi connectivity index (χ3v) is 5.37. The van der Waals surface area contributed by atoms with Crippen molar-refractivity contribution in [1.29, 1.82) is 0 Å². The lowest BCUT2D eigenvalue weighted by Crippen LogP contribution is -2.30. The molecule has 1 aliphatic heterocycles. The summed E-state index contributed by atoms with van der Waals surface area (Å²) in [4.78, 5) is 23.4. The van der Waals surface area contributed by atoms with Crippen LogP contribution in [0.5, 0.6) is 0 Å². The number of aromatic nitrogens is 5. The molecule has 1 saturated heterocycles. The van der Waals surface area contributed by atoms with Crippen molar-refractivity contribution in [2.45, 2.75) is 39.8 Å². The summed E-state index contributed by atoms with van der Waals surface area (Å²) < 4.78 is 4.10. The first kappa shape index (κ1) is 18.4. The van der Waals surface area contributed by atoms with Crippen molar-refractivity contribution < 1.29 is 4.79 Å². The minimum atomic E-state index is 0.213. The number of pyridine rings is 1. The zero-order valence-corrected chi connectivity index (χ0v) is 16.5. The third kappa shape index (κ3) is 3.98. The normalized spacial score (nSPS) is 16.6. The smallest absolute Gasteiger partial charge is 0.224 e. The summed E-state index contributed by atoms with van der Waals surface area (Å²) in [6, 6.07) is 3.97. The second kappa shape index (κ2) is 7.96. The van der Waals surface area contributed by atoms with Gasteiger partial charge in [-0.3, -0.25) is 14.5 Å². The van der Waals surface area contributed by atoms with E-state index < -0.39 is 0 Å². The number of imidazole rings is 1. The number of nitrogens with zero attached hydrogens (tertiary/aromatic N) is 6. The van der Waals surface area contributed by atoms with Crippen molar-refractivity contribution in [1.82, 2.24) is 29.2 Å².